The Labute approximate surface area is 105 Å². The number of hydrogen-bond acceptors (Lipinski definition) is 2. The number of carbonyl (C=O) groups is 1. The molecule has 0 unspecified atom stereocenters. The first kappa shape index (κ1) is 12.9. The summed E-state index contributed by atoms with van der Waals surface area (Å²) in [6, 6.07) is 0.486. The van der Waals surface area contributed by atoms with E-state index in [2.05, 4.69) is 11.9 Å². The fourth-order valence-corrected chi connectivity index (χ4v) is 3.19. The van der Waals surface area contributed by atoms with E-state index in [4.69, 9.17) is 0 Å². The third kappa shape index (κ3) is 3.44. The average molecular weight is 238 g/mol. The standard InChI is InChI=1S/C14H26N2O/c1-15-9-7-13(8-10-15)16(2)14(17)11-12-5-3-4-6-12/h12-13H,3-11H2,1-2H3. The average Bonchev–Trinajstić information content (AvgIpc) is 2.82. The van der Waals surface area contributed by atoms with Gasteiger partial charge in [-0.05, 0) is 51.7 Å². The molecule has 1 aliphatic heterocycles. The van der Waals surface area contributed by atoms with Gasteiger partial charge in [0.25, 0.3) is 0 Å². The highest BCUT2D eigenvalue weighted by Gasteiger charge is 2.26. The van der Waals surface area contributed by atoms with Crippen LogP contribution in [-0.2, 0) is 4.79 Å². The van der Waals surface area contributed by atoms with Crippen LogP contribution in [0.2, 0.25) is 0 Å². The SMILES string of the molecule is CN1CCC(N(C)C(=O)CC2CCCC2)CC1. The van der Waals surface area contributed by atoms with E-state index in [9.17, 15) is 4.79 Å². The molecule has 0 aromatic heterocycles. The van der Waals surface area contributed by atoms with E-state index in [1.165, 1.54) is 25.7 Å². The Morgan fingerprint density at radius 2 is 1.76 bits per heavy atom. The van der Waals surface area contributed by atoms with Crippen LogP contribution in [0.15, 0.2) is 0 Å². The molecule has 2 aliphatic rings. The van der Waals surface area contributed by atoms with Gasteiger partial charge in [0.2, 0.25) is 5.91 Å². The summed E-state index contributed by atoms with van der Waals surface area (Å²) < 4.78 is 0. The highest BCUT2D eigenvalue weighted by atomic mass is 16.2. The number of carbonyl (C=O) groups excluding carboxylic acids is 1. The Kier molecular flexibility index (Phi) is 4.43. The molecule has 0 bridgehead atoms. The summed E-state index contributed by atoms with van der Waals surface area (Å²) in [5.41, 5.74) is 0. The smallest absolute Gasteiger partial charge is 0.222 e. The Morgan fingerprint density at radius 3 is 2.35 bits per heavy atom. The molecule has 0 spiro atoms. The van der Waals surface area contributed by atoms with Crippen molar-refractivity contribution in [3.05, 3.63) is 0 Å². The van der Waals surface area contributed by atoms with Crippen molar-refractivity contribution in [1.82, 2.24) is 9.80 Å². The summed E-state index contributed by atoms with van der Waals surface area (Å²) in [5, 5.41) is 0. The highest BCUT2D eigenvalue weighted by Crippen LogP contribution is 2.28. The van der Waals surface area contributed by atoms with Crippen LogP contribution in [0.4, 0.5) is 0 Å². The van der Waals surface area contributed by atoms with E-state index < -0.39 is 0 Å². The molecule has 0 radical (unpaired) electrons. The quantitative estimate of drug-likeness (QED) is 0.752. The van der Waals surface area contributed by atoms with Gasteiger partial charge in [0.15, 0.2) is 0 Å². The number of likely N-dealkylation sites (tertiary alicyclic amines) is 1. The second kappa shape index (κ2) is 5.85. The lowest BCUT2D eigenvalue weighted by Crippen LogP contribution is -2.44. The first-order chi connectivity index (χ1) is 8.16. The van der Waals surface area contributed by atoms with Crippen LogP contribution >= 0.6 is 0 Å². The zero-order valence-electron chi connectivity index (χ0n) is 11.3. The summed E-state index contributed by atoms with van der Waals surface area (Å²) in [5.74, 6) is 1.06. The first-order valence-corrected chi connectivity index (χ1v) is 7.11. The zero-order valence-corrected chi connectivity index (χ0v) is 11.3. The normalized spacial score (nSPS) is 24.1. The van der Waals surface area contributed by atoms with Gasteiger partial charge < -0.3 is 9.80 Å². The Hall–Kier alpha value is -0.570. The maximum absolute atomic E-state index is 12.2. The lowest BCUT2D eigenvalue weighted by atomic mass is 10.0. The van der Waals surface area contributed by atoms with Crippen LogP contribution in [0.1, 0.15) is 44.9 Å². The second-order valence-corrected chi connectivity index (χ2v) is 5.89. The van der Waals surface area contributed by atoms with E-state index in [1.807, 2.05) is 11.9 Å². The highest BCUT2D eigenvalue weighted by molar-refractivity contribution is 5.76. The maximum atomic E-state index is 12.2. The molecule has 17 heavy (non-hydrogen) atoms. The van der Waals surface area contributed by atoms with E-state index >= 15 is 0 Å². The molecule has 0 atom stereocenters. The predicted octanol–water partition coefficient (Wildman–Crippen LogP) is 2.12. The first-order valence-electron chi connectivity index (χ1n) is 7.11. The summed E-state index contributed by atoms with van der Waals surface area (Å²) >= 11 is 0. The minimum atomic E-state index is 0.381. The molecule has 0 N–H and O–H groups in total. The maximum Gasteiger partial charge on any atom is 0.222 e. The Bertz CT molecular complexity index is 253. The van der Waals surface area contributed by atoms with Gasteiger partial charge >= 0.3 is 0 Å². The lowest BCUT2D eigenvalue weighted by molar-refractivity contribution is -0.133. The Balaban J connectivity index is 1.77. The van der Waals surface area contributed by atoms with Crippen LogP contribution in [-0.4, -0.2) is 48.9 Å². The van der Waals surface area contributed by atoms with Gasteiger partial charge in [0.1, 0.15) is 0 Å². The van der Waals surface area contributed by atoms with Gasteiger partial charge in [-0.15, -0.1) is 0 Å². The van der Waals surface area contributed by atoms with E-state index in [-0.39, 0.29) is 0 Å². The van der Waals surface area contributed by atoms with Crippen molar-refractivity contribution in [2.45, 2.75) is 51.0 Å². The van der Waals surface area contributed by atoms with Crippen LogP contribution < -0.4 is 0 Å². The lowest BCUT2D eigenvalue weighted by Gasteiger charge is -2.35. The van der Waals surface area contributed by atoms with Crippen molar-refractivity contribution >= 4 is 5.91 Å². The summed E-state index contributed by atoms with van der Waals surface area (Å²) in [6.07, 6.45) is 8.28. The molecule has 3 nitrogen and oxygen atoms in total. The molecular weight excluding hydrogens is 212 g/mol. The molecule has 1 aliphatic carbocycles. The van der Waals surface area contributed by atoms with Gasteiger partial charge in [-0.1, -0.05) is 12.8 Å². The summed E-state index contributed by atoms with van der Waals surface area (Å²) in [6.45, 7) is 2.26. The fraction of sp³-hybridized carbons (Fsp3) is 0.929. The van der Waals surface area contributed by atoms with Crippen LogP contribution in [0.25, 0.3) is 0 Å². The topological polar surface area (TPSA) is 23.6 Å². The number of rotatable bonds is 3. The van der Waals surface area contributed by atoms with Gasteiger partial charge in [0.05, 0.1) is 0 Å². The molecule has 3 heteroatoms. The fourth-order valence-electron chi connectivity index (χ4n) is 3.19. The van der Waals surface area contributed by atoms with Crippen molar-refractivity contribution in [3.63, 3.8) is 0 Å². The van der Waals surface area contributed by atoms with Crippen molar-refractivity contribution in [1.29, 1.82) is 0 Å². The van der Waals surface area contributed by atoms with Crippen molar-refractivity contribution in [2.75, 3.05) is 27.2 Å². The number of amides is 1. The van der Waals surface area contributed by atoms with E-state index in [1.54, 1.807) is 0 Å². The van der Waals surface area contributed by atoms with Gasteiger partial charge in [-0.25, -0.2) is 0 Å². The van der Waals surface area contributed by atoms with Gasteiger partial charge in [0, 0.05) is 19.5 Å². The Morgan fingerprint density at radius 1 is 1.18 bits per heavy atom. The van der Waals surface area contributed by atoms with Gasteiger partial charge in [-0.2, -0.15) is 0 Å². The van der Waals surface area contributed by atoms with Gasteiger partial charge in [-0.3, -0.25) is 4.79 Å². The molecule has 1 saturated heterocycles. The van der Waals surface area contributed by atoms with E-state index in [0.717, 1.165) is 32.4 Å². The van der Waals surface area contributed by atoms with Crippen molar-refractivity contribution in [2.24, 2.45) is 5.92 Å². The molecule has 2 fully saturated rings. The molecule has 0 aromatic rings. The molecule has 1 heterocycles. The van der Waals surface area contributed by atoms with E-state index in [0.29, 0.717) is 17.9 Å². The summed E-state index contributed by atoms with van der Waals surface area (Å²) in [4.78, 5) is 16.6. The third-order valence-corrected chi connectivity index (χ3v) is 4.57. The molecule has 1 amide bonds. The molecule has 98 valence electrons. The summed E-state index contributed by atoms with van der Waals surface area (Å²) in [7, 11) is 4.17. The second-order valence-electron chi connectivity index (χ2n) is 5.89. The monoisotopic (exact) mass is 238 g/mol. The molecule has 1 saturated carbocycles. The minimum absolute atomic E-state index is 0.381. The number of hydrogen-bond donors (Lipinski definition) is 0. The minimum Gasteiger partial charge on any atom is -0.343 e. The predicted molar refractivity (Wildman–Crippen MR) is 69.9 cm³/mol. The molecule has 2 rings (SSSR count). The number of piperidine rings is 1. The van der Waals surface area contributed by atoms with Crippen LogP contribution in [0.3, 0.4) is 0 Å². The third-order valence-electron chi connectivity index (χ3n) is 4.57. The van der Waals surface area contributed by atoms with Crippen LogP contribution in [0, 0.1) is 5.92 Å². The van der Waals surface area contributed by atoms with Crippen molar-refractivity contribution < 1.29 is 4.79 Å². The molecular formula is C14H26N2O. The number of nitrogens with zero attached hydrogens (tertiary/aromatic N) is 2. The molecule has 0 aromatic carbocycles. The van der Waals surface area contributed by atoms with Crippen LogP contribution in [0.5, 0.6) is 0 Å². The largest absolute Gasteiger partial charge is 0.343 e. The van der Waals surface area contributed by atoms with Crippen molar-refractivity contribution in [3.8, 4) is 0 Å². The zero-order chi connectivity index (χ0) is 12.3.